The van der Waals surface area contributed by atoms with Gasteiger partial charge < -0.3 is 20.1 Å². The van der Waals surface area contributed by atoms with Gasteiger partial charge in [-0.25, -0.2) is 0 Å². The van der Waals surface area contributed by atoms with E-state index in [1.54, 1.807) is 6.92 Å². The molecule has 0 unspecified atom stereocenters. The molecule has 7 nitrogen and oxygen atoms in total. The van der Waals surface area contributed by atoms with Gasteiger partial charge in [0.25, 0.3) is 0 Å². The molecule has 2 aliphatic rings. The van der Waals surface area contributed by atoms with Crippen LogP contribution >= 0.6 is 0 Å². The molecule has 0 spiro atoms. The van der Waals surface area contributed by atoms with Crippen molar-refractivity contribution in [2.45, 2.75) is 26.3 Å². The van der Waals surface area contributed by atoms with Crippen LogP contribution in [0.3, 0.4) is 0 Å². The Hall–Kier alpha value is -3.19. The fourth-order valence-corrected chi connectivity index (χ4v) is 5.28. The largest absolute Gasteiger partial charge is 0.466 e. The van der Waals surface area contributed by atoms with Gasteiger partial charge in [0, 0.05) is 18.2 Å². The van der Waals surface area contributed by atoms with E-state index in [4.69, 9.17) is 4.74 Å². The number of fused-ring (bicyclic) bond motifs is 2. The van der Waals surface area contributed by atoms with Crippen LogP contribution in [0.2, 0.25) is 0 Å². The highest BCUT2D eigenvalue weighted by Crippen LogP contribution is 2.45. The number of nitrogens with zero attached hydrogens (tertiary/aromatic N) is 1. The SMILES string of the molecule is CCOC(=O)[C@H]1[C@H]2C(=O)N(CCO)[C@H](C(=O)Nc3ccc4ccccc4c3)[C@H]2C=C[C@H]1CC. The van der Waals surface area contributed by atoms with Gasteiger partial charge in [-0.05, 0) is 42.2 Å². The average molecular weight is 451 g/mol. The van der Waals surface area contributed by atoms with Crippen LogP contribution in [0, 0.1) is 23.7 Å². The number of rotatable bonds is 7. The maximum atomic E-state index is 13.5. The Balaban J connectivity index is 1.66. The molecule has 7 heteroatoms. The molecule has 0 radical (unpaired) electrons. The minimum Gasteiger partial charge on any atom is -0.466 e. The van der Waals surface area contributed by atoms with Crippen LogP contribution in [-0.4, -0.2) is 53.6 Å². The zero-order valence-corrected chi connectivity index (χ0v) is 18.9. The third-order valence-corrected chi connectivity index (χ3v) is 6.77. The predicted octanol–water partition coefficient (Wildman–Crippen LogP) is 2.99. The molecule has 1 saturated heterocycles. The van der Waals surface area contributed by atoms with Gasteiger partial charge in [-0.15, -0.1) is 0 Å². The van der Waals surface area contributed by atoms with E-state index in [1.807, 2.05) is 61.5 Å². The molecule has 0 bridgehead atoms. The number of anilines is 1. The van der Waals surface area contributed by atoms with Crippen molar-refractivity contribution < 1.29 is 24.2 Å². The summed E-state index contributed by atoms with van der Waals surface area (Å²) in [5.41, 5.74) is 0.631. The fourth-order valence-electron chi connectivity index (χ4n) is 5.28. The van der Waals surface area contributed by atoms with Crippen LogP contribution in [0.25, 0.3) is 10.8 Å². The second-order valence-electron chi connectivity index (χ2n) is 8.59. The summed E-state index contributed by atoms with van der Waals surface area (Å²) < 4.78 is 5.30. The molecule has 1 heterocycles. The van der Waals surface area contributed by atoms with Crippen molar-refractivity contribution in [3.63, 3.8) is 0 Å². The number of hydrogen-bond donors (Lipinski definition) is 2. The molecule has 33 heavy (non-hydrogen) atoms. The summed E-state index contributed by atoms with van der Waals surface area (Å²) in [4.78, 5) is 41.2. The van der Waals surface area contributed by atoms with Crippen molar-refractivity contribution in [1.29, 1.82) is 0 Å². The molecule has 0 saturated carbocycles. The van der Waals surface area contributed by atoms with Crippen LogP contribution in [-0.2, 0) is 19.1 Å². The predicted molar refractivity (Wildman–Crippen MR) is 125 cm³/mol. The molecule has 2 aromatic rings. The second-order valence-corrected chi connectivity index (χ2v) is 8.59. The van der Waals surface area contributed by atoms with Crippen LogP contribution in [0.15, 0.2) is 54.6 Å². The lowest BCUT2D eigenvalue weighted by Crippen LogP contribution is -2.45. The molecule has 1 aliphatic carbocycles. The molecule has 2 N–H and O–H groups in total. The van der Waals surface area contributed by atoms with Gasteiger partial charge in [0.2, 0.25) is 11.8 Å². The number of likely N-dealkylation sites (tertiary alicyclic amines) is 1. The summed E-state index contributed by atoms with van der Waals surface area (Å²) in [5.74, 6) is -2.95. The van der Waals surface area contributed by atoms with Gasteiger partial charge in [-0.3, -0.25) is 14.4 Å². The molecule has 2 amide bonds. The molecule has 1 aliphatic heterocycles. The highest BCUT2D eigenvalue weighted by atomic mass is 16.5. The minimum atomic E-state index is -0.813. The first-order chi connectivity index (χ1) is 16.0. The number of allylic oxidation sites excluding steroid dienone is 1. The summed E-state index contributed by atoms with van der Waals surface area (Å²) in [7, 11) is 0. The van der Waals surface area contributed by atoms with Crippen molar-refractivity contribution in [3.05, 3.63) is 54.6 Å². The second kappa shape index (κ2) is 9.75. The van der Waals surface area contributed by atoms with E-state index < -0.39 is 29.8 Å². The Morgan fingerprint density at radius 3 is 2.55 bits per heavy atom. The van der Waals surface area contributed by atoms with Crippen molar-refractivity contribution >= 4 is 34.2 Å². The van der Waals surface area contributed by atoms with Gasteiger partial charge in [0.1, 0.15) is 6.04 Å². The first-order valence-corrected chi connectivity index (χ1v) is 11.6. The third-order valence-electron chi connectivity index (χ3n) is 6.77. The number of aliphatic hydroxyl groups excluding tert-OH is 1. The van der Waals surface area contributed by atoms with E-state index in [0.29, 0.717) is 12.1 Å². The lowest BCUT2D eigenvalue weighted by Gasteiger charge is -2.33. The third kappa shape index (κ3) is 4.25. The number of carbonyl (C=O) groups is 3. The Labute approximate surface area is 193 Å². The van der Waals surface area contributed by atoms with Gasteiger partial charge >= 0.3 is 5.97 Å². The maximum absolute atomic E-state index is 13.5. The minimum absolute atomic E-state index is 0.0296. The summed E-state index contributed by atoms with van der Waals surface area (Å²) in [6, 6.07) is 12.7. The van der Waals surface area contributed by atoms with Crippen LogP contribution in [0.5, 0.6) is 0 Å². The number of carbonyl (C=O) groups excluding carboxylic acids is 3. The first kappa shape index (κ1) is 23.0. The smallest absolute Gasteiger partial charge is 0.310 e. The van der Waals surface area contributed by atoms with E-state index >= 15 is 0 Å². The number of nitrogens with one attached hydrogen (secondary N) is 1. The van der Waals surface area contributed by atoms with E-state index in [0.717, 1.165) is 10.8 Å². The van der Waals surface area contributed by atoms with E-state index in [2.05, 4.69) is 5.32 Å². The topological polar surface area (TPSA) is 95.9 Å². The van der Waals surface area contributed by atoms with Gasteiger partial charge in [-0.1, -0.05) is 49.4 Å². The highest BCUT2D eigenvalue weighted by molar-refractivity contribution is 6.02. The van der Waals surface area contributed by atoms with Crippen molar-refractivity contribution in [1.82, 2.24) is 4.90 Å². The van der Waals surface area contributed by atoms with Crippen molar-refractivity contribution in [3.8, 4) is 0 Å². The van der Waals surface area contributed by atoms with Crippen LogP contribution in [0.4, 0.5) is 5.69 Å². The van der Waals surface area contributed by atoms with Gasteiger partial charge in [0.15, 0.2) is 0 Å². The molecule has 1 fully saturated rings. The summed E-state index contributed by atoms with van der Waals surface area (Å²) in [6.07, 6.45) is 4.52. The number of ether oxygens (including phenoxy) is 1. The number of benzene rings is 2. The Morgan fingerprint density at radius 1 is 1.09 bits per heavy atom. The van der Waals surface area contributed by atoms with Gasteiger partial charge in [-0.2, -0.15) is 0 Å². The summed E-state index contributed by atoms with van der Waals surface area (Å²) in [6.45, 7) is 3.70. The highest BCUT2D eigenvalue weighted by Gasteiger charge is 2.57. The van der Waals surface area contributed by atoms with Crippen LogP contribution in [0.1, 0.15) is 20.3 Å². The molecule has 0 aromatic heterocycles. The van der Waals surface area contributed by atoms with Gasteiger partial charge in [0.05, 0.1) is 25.0 Å². The Kier molecular flexibility index (Phi) is 6.79. The molecular weight excluding hydrogens is 420 g/mol. The molecule has 2 aromatic carbocycles. The number of aliphatic hydroxyl groups is 1. The Morgan fingerprint density at radius 2 is 1.85 bits per heavy atom. The maximum Gasteiger partial charge on any atom is 0.310 e. The van der Waals surface area contributed by atoms with Crippen molar-refractivity contribution in [2.75, 3.05) is 25.1 Å². The fraction of sp³-hybridized carbons (Fsp3) is 0.423. The number of amides is 2. The number of esters is 1. The normalized spacial score (nSPS) is 26.3. The lowest BCUT2D eigenvalue weighted by atomic mass is 9.69. The molecule has 174 valence electrons. The monoisotopic (exact) mass is 450 g/mol. The zero-order chi connectivity index (χ0) is 23.5. The number of hydrogen-bond acceptors (Lipinski definition) is 5. The van der Waals surface area contributed by atoms with E-state index in [9.17, 15) is 19.5 Å². The van der Waals surface area contributed by atoms with E-state index in [1.165, 1.54) is 4.90 Å². The summed E-state index contributed by atoms with van der Waals surface area (Å²) >= 11 is 0. The molecule has 5 atom stereocenters. The van der Waals surface area contributed by atoms with E-state index in [-0.39, 0.29) is 37.5 Å². The van der Waals surface area contributed by atoms with Crippen LogP contribution < -0.4 is 5.32 Å². The Bertz CT molecular complexity index is 1080. The zero-order valence-electron chi connectivity index (χ0n) is 18.9. The molecule has 4 rings (SSSR count). The number of β-amino-alcohol motifs (C(OH)–C–C–N with tert-alkyl or cyclic N) is 1. The quantitative estimate of drug-likeness (QED) is 0.499. The average Bonchev–Trinajstić information content (AvgIpc) is 3.10. The molecular formula is C26H30N2O5. The lowest BCUT2D eigenvalue weighted by molar-refractivity contribution is -0.155. The summed E-state index contributed by atoms with van der Waals surface area (Å²) in [5, 5.41) is 14.6. The van der Waals surface area contributed by atoms with Crippen molar-refractivity contribution in [2.24, 2.45) is 23.7 Å². The standard InChI is InChI=1S/C26H30N2O5/c1-3-16-10-12-20-22(21(16)26(32)33-4-2)25(31)28(13-14-29)23(20)24(30)27-19-11-9-17-7-5-6-8-18(17)15-19/h5-12,15-16,20-23,29H,3-4,13-14H2,1-2H3,(H,27,30)/t16-,20+,21-,22+,23+/m1/s1. The first-order valence-electron chi connectivity index (χ1n) is 11.6.